The number of halogens is 1. The molecule has 1 aliphatic carbocycles. The molecular formula is C14H19BrN2O2. The summed E-state index contributed by atoms with van der Waals surface area (Å²) in [7, 11) is 0. The number of nitrogens with two attached hydrogens (primary N) is 1. The average Bonchev–Trinajstić information content (AvgIpc) is 2.55. The Balaban J connectivity index is 2.07. The Kier molecular flexibility index (Phi) is 4.82. The number of phenols is 1. The van der Waals surface area contributed by atoms with Crippen molar-refractivity contribution in [3.8, 4) is 5.75 Å². The molecule has 0 bridgehead atoms. The largest absolute Gasteiger partial charge is 0.507 e. The third-order valence-electron chi connectivity index (χ3n) is 3.59. The first-order valence-electron chi connectivity index (χ1n) is 6.63. The summed E-state index contributed by atoms with van der Waals surface area (Å²) in [5, 5.41) is 12.7. The molecule has 1 aliphatic rings. The van der Waals surface area contributed by atoms with Crippen molar-refractivity contribution >= 4 is 21.8 Å². The second-order valence-electron chi connectivity index (χ2n) is 5.04. The Morgan fingerprint density at radius 1 is 1.32 bits per heavy atom. The molecule has 0 spiro atoms. The van der Waals surface area contributed by atoms with Crippen molar-refractivity contribution in [2.45, 2.75) is 44.2 Å². The lowest BCUT2D eigenvalue weighted by molar-refractivity contribution is 0.0926. The number of hydrogen-bond donors (Lipinski definition) is 3. The van der Waals surface area contributed by atoms with Crippen molar-refractivity contribution in [1.82, 2.24) is 5.32 Å². The van der Waals surface area contributed by atoms with E-state index in [0.717, 1.165) is 30.2 Å². The van der Waals surface area contributed by atoms with Gasteiger partial charge in [-0.15, -0.1) is 0 Å². The molecule has 5 heteroatoms. The molecule has 1 aromatic rings. The minimum absolute atomic E-state index is 0.00181. The summed E-state index contributed by atoms with van der Waals surface area (Å²) >= 11 is 3.25. The fourth-order valence-electron chi connectivity index (χ4n) is 2.46. The van der Waals surface area contributed by atoms with Gasteiger partial charge in [0.1, 0.15) is 5.75 Å². The van der Waals surface area contributed by atoms with Gasteiger partial charge >= 0.3 is 0 Å². The number of phenolic OH excluding ortho intramolecular Hbond substituents is 1. The summed E-state index contributed by atoms with van der Waals surface area (Å²) in [4.78, 5) is 12.2. The Morgan fingerprint density at radius 3 is 2.79 bits per heavy atom. The zero-order chi connectivity index (χ0) is 13.8. The normalized spacial score (nSPS) is 23.7. The van der Waals surface area contributed by atoms with Crippen molar-refractivity contribution in [2.24, 2.45) is 5.73 Å². The third kappa shape index (κ3) is 3.70. The summed E-state index contributed by atoms with van der Waals surface area (Å²) < 4.78 is 0.743. The quantitative estimate of drug-likeness (QED) is 0.731. The Hall–Kier alpha value is -1.07. The fourth-order valence-corrected chi connectivity index (χ4v) is 2.81. The van der Waals surface area contributed by atoms with Gasteiger partial charge in [-0.25, -0.2) is 0 Å². The maximum absolute atomic E-state index is 12.2. The minimum Gasteiger partial charge on any atom is -0.507 e. The lowest BCUT2D eigenvalue weighted by Crippen LogP contribution is -2.46. The first-order valence-corrected chi connectivity index (χ1v) is 7.42. The molecule has 1 fully saturated rings. The Bertz CT molecular complexity index is 465. The van der Waals surface area contributed by atoms with Gasteiger partial charge in [0.2, 0.25) is 0 Å². The highest BCUT2D eigenvalue weighted by atomic mass is 79.9. The van der Waals surface area contributed by atoms with Crippen molar-refractivity contribution in [3.05, 3.63) is 28.2 Å². The highest BCUT2D eigenvalue weighted by Crippen LogP contribution is 2.23. The van der Waals surface area contributed by atoms with Crippen LogP contribution in [-0.4, -0.2) is 23.1 Å². The lowest BCUT2D eigenvalue weighted by atomic mass is 10.0. The predicted molar refractivity (Wildman–Crippen MR) is 78.1 cm³/mol. The number of carbonyl (C=O) groups excluding carboxylic acids is 1. The molecule has 2 rings (SSSR count). The van der Waals surface area contributed by atoms with Crippen LogP contribution in [0.5, 0.6) is 5.75 Å². The second kappa shape index (κ2) is 6.39. The van der Waals surface area contributed by atoms with Crippen LogP contribution < -0.4 is 11.1 Å². The second-order valence-corrected chi connectivity index (χ2v) is 5.96. The van der Waals surface area contributed by atoms with Gasteiger partial charge < -0.3 is 16.2 Å². The lowest BCUT2D eigenvalue weighted by Gasteiger charge is -2.22. The van der Waals surface area contributed by atoms with Crippen molar-refractivity contribution in [3.63, 3.8) is 0 Å². The van der Waals surface area contributed by atoms with E-state index in [2.05, 4.69) is 21.2 Å². The number of amides is 1. The number of carbonyl (C=O) groups is 1. The fraction of sp³-hybridized carbons (Fsp3) is 0.500. The number of nitrogens with one attached hydrogen (secondary N) is 1. The predicted octanol–water partition coefficient (Wildman–Crippen LogP) is 2.54. The van der Waals surface area contributed by atoms with E-state index in [1.165, 1.54) is 12.5 Å². The molecule has 2 atom stereocenters. The molecule has 0 heterocycles. The molecular weight excluding hydrogens is 308 g/mol. The van der Waals surface area contributed by atoms with Crippen LogP contribution in [0.4, 0.5) is 0 Å². The van der Waals surface area contributed by atoms with Crippen LogP contribution in [0.15, 0.2) is 22.7 Å². The Labute approximate surface area is 121 Å². The van der Waals surface area contributed by atoms with Gasteiger partial charge in [-0.3, -0.25) is 4.79 Å². The van der Waals surface area contributed by atoms with Crippen LogP contribution in [0, 0.1) is 0 Å². The number of aromatic hydroxyl groups is 1. The summed E-state index contributed by atoms with van der Waals surface area (Å²) in [6, 6.07) is 4.86. The van der Waals surface area contributed by atoms with E-state index in [0.29, 0.717) is 5.56 Å². The topological polar surface area (TPSA) is 75.3 Å². The molecule has 4 nitrogen and oxygen atoms in total. The maximum atomic E-state index is 12.2. The number of benzene rings is 1. The molecule has 1 aromatic carbocycles. The maximum Gasteiger partial charge on any atom is 0.255 e. The molecule has 1 saturated carbocycles. The molecule has 4 N–H and O–H groups in total. The number of rotatable bonds is 2. The zero-order valence-corrected chi connectivity index (χ0v) is 12.3. The molecule has 0 radical (unpaired) electrons. The monoisotopic (exact) mass is 326 g/mol. The summed E-state index contributed by atoms with van der Waals surface area (Å²) in [5.41, 5.74) is 6.37. The van der Waals surface area contributed by atoms with Gasteiger partial charge in [0.15, 0.2) is 0 Å². The van der Waals surface area contributed by atoms with E-state index in [1.54, 1.807) is 12.1 Å². The van der Waals surface area contributed by atoms with Gasteiger partial charge in [0.05, 0.1) is 5.56 Å². The highest BCUT2D eigenvalue weighted by molar-refractivity contribution is 9.10. The average molecular weight is 327 g/mol. The first kappa shape index (κ1) is 14.3. The van der Waals surface area contributed by atoms with Gasteiger partial charge in [-0.1, -0.05) is 35.2 Å². The van der Waals surface area contributed by atoms with E-state index in [9.17, 15) is 9.90 Å². The third-order valence-corrected chi connectivity index (χ3v) is 4.08. The number of hydrogen-bond acceptors (Lipinski definition) is 3. The van der Waals surface area contributed by atoms with Crippen molar-refractivity contribution < 1.29 is 9.90 Å². The van der Waals surface area contributed by atoms with Crippen LogP contribution >= 0.6 is 15.9 Å². The van der Waals surface area contributed by atoms with Crippen LogP contribution in [0.2, 0.25) is 0 Å². The van der Waals surface area contributed by atoms with Crippen molar-refractivity contribution in [1.29, 1.82) is 0 Å². The molecule has 19 heavy (non-hydrogen) atoms. The molecule has 0 aromatic heterocycles. The van der Waals surface area contributed by atoms with Gasteiger partial charge in [-0.05, 0) is 31.0 Å². The van der Waals surface area contributed by atoms with Crippen LogP contribution in [-0.2, 0) is 0 Å². The molecule has 1 amide bonds. The zero-order valence-electron chi connectivity index (χ0n) is 10.7. The van der Waals surface area contributed by atoms with Crippen LogP contribution in [0.1, 0.15) is 42.5 Å². The molecule has 104 valence electrons. The first-order chi connectivity index (χ1) is 9.08. The van der Waals surface area contributed by atoms with Crippen molar-refractivity contribution in [2.75, 3.05) is 0 Å². The van der Waals surface area contributed by atoms with Crippen LogP contribution in [0.25, 0.3) is 0 Å². The molecule has 0 saturated heterocycles. The SMILES string of the molecule is NC1CCCCCC1NC(=O)c1ccc(Br)cc1O. The smallest absolute Gasteiger partial charge is 0.255 e. The van der Waals surface area contributed by atoms with Gasteiger partial charge in [-0.2, -0.15) is 0 Å². The van der Waals surface area contributed by atoms with E-state index in [4.69, 9.17) is 5.73 Å². The minimum atomic E-state index is -0.257. The summed E-state index contributed by atoms with van der Waals surface area (Å²) in [6.07, 6.45) is 5.23. The molecule has 0 aliphatic heterocycles. The van der Waals surface area contributed by atoms with Crippen LogP contribution in [0.3, 0.4) is 0 Å². The van der Waals surface area contributed by atoms with E-state index in [1.807, 2.05) is 0 Å². The summed E-state index contributed by atoms with van der Waals surface area (Å²) in [5.74, 6) is -0.276. The van der Waals surface area contributed by atoms with Gasteiger partial charge in [0, 0.05) is 16.6 Å². The van der Waals surface area contributed by atoms with E-state index < -0.39 is 0 Å². The Morgan fingerprint density at radius 2 is 2.05 bits per heavy atom. The highest BCUT2D eigenvalue weighted by Gasteiger charge is 2.23. The standard InChI is InChI=1S/C14H19BrN2O2/c15-9-6-7-10(13(18)8-9)14(19)17-12-5-3-1-2-4-11(12)16/h6-8,11-12,18H,1-5,16H2,(H,17,19). The van der Waals surface area contributed by atoms with E-state index >= 15 is 0 Å². The van der Waals surface area contributed by atoms with Gasteiger partial charge in [0.25, 0.3) is 5.91 Å². The summed E-state index contributed by atoms with van der Waals surface area (Å²) in [6.45, 7) is 0. The molecule has 2 unspecified atom stereocenters. The van der Waals surface area contributed by atoms with E-state index in [-0.39, 0.29) is 23.7 Å².